The maximum atomic E-state index is 12.4. The van der Waals surface area contributed by atoms with Crippen LogP contribution < -0.4 is 5.43 Å². The molecular weight excluding hydrogens is 466 g/mol. The number of nitrogens with zero attached hydrogens (tertiary/aromatic N) is 4. The highest BCUT2D eigenvalue weighted by Crippen LogP contribution is 2.20. The van der Waals surface area contributed by atoms with Crippen LogP contribution in [0.4, 0.5) is 5.69 Å². The summed E-state index contributed by atoms with van der Waals surface area (Å²) in [5, 5.41) is 15.1. The van der Waals surface area contributed by atoms with E-state index in [-0.39, 0.29) is 11.6 Å². The minimum atomic E-state index is -0.515. The van der Waals surface area contributed by atoms with E-state index < -0.39 is 4.92 Å². The van der Waals surface area contributed by atoms with Gasteiger partial charge in [0.15, 0.2) is 0 Å². The minimum Gasteiger partial charge on any atom is -0.297 e. The van der Waals surface area contributed by atoms with E-state index in [9.17, 15) is 14.9 Å². The summed E-state index contributed by atoms with van der Waals surface area (Å²) in [7, 11) is 0. The van der Waals surface area contributed by atoms with E-state index in [0.29, 0.717) is 16.1 Å². The van der Waals surface area contributed by atoms with Crippen molar-refractivity contribution in [1.29, 1.82) is 0 Å². The van der Waals surface area contributed by atoms with Crippen LogP contribution in [0.1, 0.15) is 27.0 Å². The monoisotopic (exact) mass is 491 g/mol. The van der Waals surface area contributed by atoms with Gasteiger partial charge in [0.25, 0.3) is 11.6 Å². The van der Waals surface area contributed by atoms with Crippen molar-refractivity contribution in [3.05, 3.63) is 110 Å². The van der Waals surface area contributed by atoms with Crippen LogP contribution in [0.5, 0.6) is 0 Å². The average Bonchev–Trinajstić information content (AvgIpc) is 2.87. The first-order valence-corrected chi connectivity index (χ1v) is 11.7. The highest BCUT2D eigenvalue weighted by atomic mass is 35.5. The van der Waals surface area contributed by atoms with Gasteiger partial charge in [0.2, 0.25) is 0 Å². The van der Waals surface area contributed by atoms with Crippen molar-refractivity contribution in [2.24, 2.45) is 5.10 Å². The number of hydrogen-bond acceptors (Lipinski definition) is 6. The fourth-order valence-electron chi connectivity index (χ4n) is 3.94. The average molecular weight is 492 g/mol. The van der Waals surface area contributed by atoms with Crippen LogP contribution in [-0.2, 0) is 13.1 Å². The van der Waals surface area contributed by atoms with E-state index in [2.05, 4.69) is 44.6 Å². The number of carbonyl (C=O) groups excluding carboxylic acids is 1. The van der Waals surface area contributed by atoms with Gasteiger partial charge in [0.1, 0.15) is 0 Å². The summed E-state index contributed by atoms with van der Waals surface area (Å²) in [6.07, 6.45) is 1.29. The van der Waals surface area contributed by atoms with Gasteiger partial charge >= 0.3 is 0 Å². The van der Waals surface area contributed by atoms with E-state index in [4.69, 9.17) is 11.6 Å². The predicted octanol–water partition coefficient (Wildman–Crippen LogP) is 4.33. The van der Waals surface area contributed by atoms with Crippen molar-refractivity contribution in [3.63, 3.8) is 0 Å². The molecule has 1 fully saturated rings. The molecule has 0 aliphatic carbocycles. The van der Waals surface area contributed by atoms with Crippen LogP contribution in [-0.4, -0.2) is 53.0 Å². The quantitative estimate of drug-likeness (QED) is 0.288. The molecule has 0 saturated carbocycles. The zero-order valence-electron chi connectivity index (χ0n) is 19.1. The lowest BCUT2D eigenvalue weighted by atomic mass is 10.1. The Hall–Kier alpha value is -3.59. The molecule has 0 unspecified atom stereocenters. The number of hydrogen-bond donors (Lipinski definition) is 1. The molecule has 35 heavy (non-hydrogen) atoms. The Morgan fingerprint density at radius 3 is 2.14 bits per heavy atom. The molecule has 4 rings (SSSR count). The van der Waals surface area contributed by atoms with Crippen molar-refractivity contribution in [2.75, 3.05) is 26.2 Å². The number of rotatable bonds is 8. The highest BCUT2D eigenvalue weighted by Gasteiger charge is 2.17. The van der Waals surface area contributed by atoms with Crippen LogP contribution in [0.25, 0.3) is 0 Å². The van der Waals surface area contributed by atoms with Gasteiger partial charge in [0.05, 0.1) is 11.1 Å². The zero-order chi connectivity index (χ0) is 24.6. The molecule has 0 atom stereocenters. The van der Waals surface area contributed by atoms with Crippen molar-refractivity contribution >= 4 is 29.4 Å². The second-order valence-corrected chi connectivity index (χ2v) is 8.80. The summed E-state index contributed by atoms with van der Waals surface area (Å²) in [5.41, 5.74) is 5.64. The second-order valence-electron chi connectivity index (χ2n) is 8.40. The Bertz CT molecular complexity index is 1190. The Kier molecular flexibility index (Phi) is 8.20. The van der Waals surface area contributed by atoms with Gasteiger partial charge < -0.3 is 0 Å². The largest absolute Gasteiger partial charge is 0.297 e. The standard InChI is InChI=1S/C26H26ClN5O3/c27-25-11-10-24(32(34)35)16-23(25)17-28-29-26(33)22-8-6-21(7-9-22)19-31-14-12-30(13-15-31)18-20-4-2-1-3-5-20/h1-11,16-17H,12-15,18-19H2,(H,29,33)/b28-17-. The molecule has 1 heterocycles. The number of piperazine rings is 1. The van der Waals surface area contributed by atoms with Crippen molar-refractivity contribution in [3.8, 4) is 0 Å². The summed E-state index contributed by atoms with van der Waals surface area (Å²) >= 11 is 6.04. The van der Waals surface area contributed by atoms with Crippen LogP contribution in [0.3, 0.4) is 0 Å². The Morgan fingerprint density at radius 2 is 1.54 bits per heavy atom. The maximum absolute atomic E-state index is 12.4. The molecule has 3 aromatic rings. The molecule has 8 nitrogen and oxygen atoms in total. The minimum absolute atomic E-state index is 0.102. The van der Waals surface area contributed by atoms with Gasteiger partial charge in [-0.25, -0.2) is 5.43 Å². The van der Waals surface area contributed by atoms with Crippen LogP contribution in [0.15, 0.2) is 77.9 Å². The number of benzene rings is 3. The summed E-state index contributed by atoms with van der Waals surface area (Å²) in [5.74, 6) is -0.371. The van der Waals surface area contributed by atoms with Crippen molar-refractivity contribution in [2.45, 2.75) is 13.1 Å². The smallest absolute Gasteiger partial charge is 0.271 e. The van der Waals surface area contributed by atoms with Gasteiger partial charge in [-0.15, -0.1) is 0 Å². The van der Waals surface area contributed by atoms with E-state index in [0.717, 1.165) is 44.8 Å². The molecule has 0 spiro atoms. The predicted molar refractivity (Wildman–Crippen MR) is 137 cm³/mol. The number of hydrazone groups is 1. The molecule has 180 valence electrons. The molecule has 0 bridgehead atoms. The molecule has 0 aromatic heterocycles. The van der Waals surface area contributed by atoms with E-state index >= 15 is 0 Å². The molecule has 3 aromatic carbocycles. The molecular formula is C26H26ClN5O3. The third-order valence-corrected chi connectivity index (χ3v) is 6.24. The topological polar surface area (TPSA) is 91.1 Å². The first-order chi connectivity index (χ1) is 17.0. The van der Waals surface area contributed by atoms with Gasteiger partial charge in [-0.3, -0.25) is 24.7 Å². The van der Waals surface area contributed by atoms with E-state index in [1.54, 1.807) is 12.1 Å². The van der Waals surface area contributed by atoms with Gasteiger partial charge in [-0.05, 0) is 29.3 Å². The number of amides is 1. The number of nitro benzene ring substituents is 1. The summed E-state index contributed by atoms with van der Waals surface area (Å²) in [4.78, 5) is 27.7. The first kappa shape index (κ1) is 24.5. The summed E-state index contributed by atoms with van der Waals surface area (Å²) in [6, 6.07) is 22.0. The van der Waals surface area contributed by atoms with Gasteiger partial charge in [-0.1, -0.05) is 54.1 Å². The molecule has 1 aliphatic rings. The van der Waals surface area contributed by atoms with Crippen LogP contribution >= 0.6 is 11.6 Å². The van der Waals surface area contributed by atoms with Crippen molar-refractivity contribution in [1.82, 2.24) is 15.2 Å². The van der Waals surface area contributed by atoms with E-state index in [1.165, 1.54) is 30.0 Å². The molecule has 1 saturated heterocycles. The van der Waals surface area contributed by atoms with Crippen LogP contribution in [0.2, 0.25) is 5.02 Å². The first-order valence-electron chi connectivity index (χ1n) is 11.3. The summed E-state index contributed by atoms with van der Waals surface area (Å²) in [6.45, 7) is 5.89. The second kappa shape index (κ2) is 11.7. The molecule has 1 aliphatic heterocycles. The van der Waals surface area contributed by atoms with Gasteiger partial charge in [-0.2, -0.15) is 5.10 Å². The number of nitrogens with one attached hydrogen (secondary N) is 1. The lowest BCUT2D eigenvalue weighted by molar-refractivity contribution is -0.384. The lowest BCUT2D eigenvalue weighted by Gasteiger charge is -2.34. The number of nitro groups is 1. The Morgan fingerprint density at radius 1 is 0.943 bits per heavy atom. The Balaban J connectivity index is 1.25. The van der Waals surface area contributed by atoms with Crippen LogP contribution in [0, 0.1) is 10.1 Å². The number of carbonyl (C=O) groups is 1. The molecule has 9 heteroatoms. The number of halogens is 1. The fourth-order valence-corrected chi connectivity index (χ4v) is 4.10. The Labute approximate surface area is 209 Å². The summed E-state index contributed by atoms with van der Waals surface area (Å²) < 4.78 is 0. The number of non-ortho nitro benzene ring substituents is 1. The normalized spacial score (nSPS) is 14.8. The zero-order valence-corrected chi connectivity index (χ0v) is 19.9. The van der Waals surface area contributed by atoms with Crippen molar-refractivity contribution < 1.29 is 9.72 Å². The van der Waals surface area contributed by atoms with Gasteiger partial charge in [0, 0.05) is 67.6 Å². The third-order valence-electron chi connectivity index (χ3n) is 5.90. The maximum Gasteiger partial charge on any atom is 0.271 e. The molecule has 1 N–H and O–H groups in total. The lowest BCUT2D eigenvalue weighted by Crippen LogP contribution is -2.45. The molecule has 0 radical (unpaired) electrons. The third kappa shape index (κ3) is 6.95. The van der Waals surface area contributed by atoms with E-state index in [1.807, 2.05) is 18.2 Å². The molecule has 1 amide bonds. The SMILES string of the molecule is O=C(N/N=C\c1cc([N+](=O)[O-])ccc1Cl)c1ccc(CN2CCN(Cc3ccccc3)CC2)cc1. The highest BCUT2D eigenvalue weighted by molar-refractivity contribution is 6.33. The fraction of sp³-hybridized carbons (Fsp3) is 0.231.